The number of benzene rings is 5. The summed E-state index contributed by atoms with van der Waals surface area (Å²) in [5.74, 6) is -1.19. The van der Waals surface area contributed by atoms with Crippen LogP contribution in [-0.4, -0.2) is 25.0 Å². The summed E-state index contributed by atoms with van der Waals surface area (Å²) in [5.41, 5.74) is 4.01. The summed E-state index contributed by atoms with van der Waals surface area (Å²) in [5, 5.41) is 3.12. The summed E-state index contributed by atoms with van der Waals surface area (Å²) >= 11 is 0. The molecule has 0 aliphatic carbocycles. The van der Waals surface area contributed by atoms with Crippen LogP contribution in [0, 0.1) is 0 Å². The minimum absolute atomic E-state index is 0.0921. The van der Waals surface area contributed by atoms with Crippen molar-refractivity contribution in [1.29, 1.82) is 0 Å². The van der Waals surface area contributed by atoms with E-state index in [1.807, 2.05) is 115 Å². The van der Waals surface area contributed by atoms with Crippen molar-refractivity contribution in [2.45, 2.75) is 23.8 Å². The molecule has 1 amide bonds. The lowest BCUT2D eigenvalue weighted by Gasteiger charge is -2.36. The second-order valence-electron chi connectivity index (χ2n) is 10.0. The van der Waals surface area contributed by atoms with Gasteiger partial charge in [0.15, 0.2) is 0 Å². The average molecular weight is 540 g/mol. The van der Waals surface area contributed by atoms with E-state index in [2.05, 4.69) is 41.7 Å². The first-order valence-corrected chi connectivity index (χ1v) is 13.8. The Morgan fingerprint density at radius 1 is 0.585 bits per heavy atom. The molecule has 0 aromatic heterocycles. The van der Waals surface area contributed by atoms with Crippen molar-refractivity contribution in [3.63, 3.8) is 0 Å². The van der Waals surface area contributed by atoms with Crippen LogP contribution in [0.3, 0.4) is 0 Å². The lowest BCUT2D eigenvalue weighted by atomic mass is 9.67. The number of hydrogen-bond donors (Lipinski definition) is 1. The molecule has 5 rings (SSSR count). The van der Waals surface area contributed by atoms with Crippen LogP contribution in [0.1, 0.15) is 40.2 Å². The van der Waals surface area contributed by atoms with Crippen LogP contribution in [0.15, 0.2) is 152 Å². The Balaban J connectivity index is 1.60. The van der Waals surface area contributed by atoms with Crippen molar-refractivity contribution in [3.8, 4) is 0 Å². The molecule has 0 spiro atoms. The molecule has 5 aromatic carbocycles. The van der Waals surface area contributed by atoms with Gasteiger partial charge in [0.05, 0.1) is 12.5 Å². The van der Waals surface area contributed by atoms with Crippen molar-refractivity contribution in [3.05, 3.63) is 179 Å². The topological polar surface area (TPSA) is 55.4 Å². The van der Waals surface area contributed by atoms with Crippen LogP contribution in [-0.2, 0) is 19.7 Å². The highest BCUT2D eigenvalue weighted by atomic mass is 16.5. The molecule has 0 heterocycles. The highest BCUT2D eigenvalue weighted by Crippen LogP contribution is 2.42. The maximum Gasteiger partial charge on any atom is 0.329 e. The zero-order valence-corrected chi connectivity index (χ0v) is 23.0. The van der Waals surface area contributed by atoms with Crippen molar-refractivity contribution in [2.24, 2.45) is 0 Å². The molecular weight excluding hydrogens is 506 g/mol. The number of amides is 1. The summed E-state index contributed by atoms with van der Waals surface area (Å²) in [6, 6.07) is 48.8. The number of hydrogen-bond acceptors (Lipinski definition) is 3. The fourth-order valence-corrected chi connectivity index (χ4v) is 5.74. The molecule has 0 radical (unpaired) electrons. The van der Waals surface area contributed by atoms with Gasteiger partial charge in [0.1, 0.15) is 6.04 Å². The molecule has 0 saturated heterocycles. The van der Waals surface area contributed by atoms with Crippen LogP contribution >= 0.6 is 0 Å². The van der Waals surface area contributed by atoms with E-state index in [9.17, 15) is 9.59 Å². The summed E-state index contributed by atoms with van der Waals surface area (Å²) in [7, 11) is 1.36. The van der Waals surface area contributed by atoms with Crippen LogP contribution in [0.25, 0.3) is 0 Å². The van der Waals surface area contributed by atoms with Gasteiger partial charge in [0, 0.05) is 12.3 Å². The third-order valence-electron chi connectivity index (χ3n) is 7.65. The van der Waals surface area contributed by atoms with E-state index >= 15 is 0 Å². The van der Waals surface area contributed by atoms with Gasteiger partial charge in [0.25, 0.3) is 0 Å². The van der Waals surface area contributed by atoms with Crippen molar-refractivity contribution < 1.29 is 14.3 Å². The summed E-state index contributed by atoms with van der Waals surface area (Å²) in [6.07, 6.45) is 0.0921. The Kier molecular flexibility index (Phi) is 8.70. The molecule has 0 saturated carbocycles. The van der Waals surface area contributed by atoms with Crippen LogP contribution in [0.2, 0.25) is 0 Å². The predicted molar refractivity (Wildman–Crippen MR) is 162 cm³/mol. The predicted octanol–water partition coefficient (Wildman–Crippen LogP) is 6.90. The Labute approximate surface area is 241 Å². The largest absolute Gasteiger partial charge is 0.467 e. The zero-order chi connectivity index (χ0) is 28.5. The van der Waals surface area contributed by atoms with Gasteiger partial charge in [-0.25, -0.2) is 4.79 Å². The van der Waals surface area contributed by atoms with E-state index < -0.39 is 23.3 Å². The fraction of sp³-hybridized carbons (Fsp3) is 0.135. The molecule has 5 aromatic rings. The highest BCUT2D eigenvalue weighted by molar-refractivity contribution is 5.87. The van der Waals surface area contributed by atoms with E-state index in [1.165, 1.54) is 7.11 Å². The van der Waals surface area contributed by atoms with E-state index in [0.29, 0.717) is 0 Å². The lowest BCUT2D eigenvalue weighted by Crippen LogP contribution is -2.48. The third kappa shape index (κ3) is 5.97. The first-order chi connectivity index (χ1) is 20.1. The number of nitrogens with one attached hydrogen (secondary N) is 1. The molecule has 1 atom stereocenters. The molecule has 41 heavy (non-hydrogen) atoms. The molecule has 1 N–H and O–H groups in total. The Morgan fingerprint density at radius 2 is 0.927 bits per heavy atom. The summed E-state index contributed by atoms with van der Waals surface area (Å²) < 4.78 is 5.27. The normalized spacial score (nSPS) is 12.0. The molecule has 0 aliphatic heterocycles. The second-order valence-corrected chi connectivity index (χ2v) is 10.0. The van der Waals surface area contributed by atoms with E-state index in [1.54, 1.807) is 0 Å². The Hall–Kier alpha value is -4.96. The first kappa shape index (κ1) is 27.6. The number of rotatable bonds is 10. The van der Waals surface area contributed by atoms with E-state index in [-0.39, 0.29) is 12.3 Å². The van der Waals surface area contributed by atoms with Gasteiger partial charge in [-0.15, -0.1) is 0 Å². The molecule has 0 fully saturated rings. The second kappa shape index (κ2) is 12.9. The Bertz CT molecular complexity index is 1400. The quantitative estimate of drug-likeness (QED) is 0.155. The molecule has 0 bridgehead atoms. The van der Waals surface area contributed by atoms with Gasteiger partial charge in [-0.05, 0) is 27.8 Å². The SMILES string of the molecule is COC(=O)[C@H](NC(=O)CC(c1ccccc1)(c1ccccc1)c1ccccc1)C(c1ccccc1)c1ccccc1. The van der Waals surface area contributed by atoms with Crippen molar-refractivity contribution in [1.82, 2.24) is 5.32 Å². The maximum atomic E-state index is 14.3. The van der Waals surface area contributed by atoms with Crippen molar-refractivity contribution in [2.75, 3.05) is 7.11 Å². The summed E-state index contributed by atoms with van der Waals surface area (Å²) in [6.45, 7) is 0. The molecule has 204 valence electrons. The number of methoxy groups -OCH3 is 1. The van der Waals surface area contributed by atoms with E-state index in [4.69, 9.17) is 4.74 Å². The highest BCUT2D eigenvalue weighted by Gasteiger charge is 2.40. The number of esters is 1. The number of carbonyl (C=O) groups excluding carboxylic acids is 2. The standard InChI is InChI=1S/C37H33NO3/c1-41-36(40)35(34(28-17-7-2-8-18-28)29-19-9-3-10-20-29)38-33(39)27-37(30-21-11-4-12-22-30,31-23-13-5-14-24-31)32-25-15-6-16-26-32/h2-26,34-35H,27H2,1H3,(H,38,39)/t35-/m1/s1. The number of carbonyl (C=O) groups is 2. The molecule has 4 nitrogen and oxygen atoms in total. The lowest BCUT2D eigenvalue weighted by molar-refractivity contribution is -0.145. The van der Waals surface area contributed by atoms with Gasteiger partial charge >= 0.3 is 5.97 Å². The van der Waals surface area contributed by atoms with Gasteiger partial charge in [-0.3, -0.25) is 4.79 Å². The van der Waals surface area contributed by atoms with Crippen molar-refractivity contribution >= 4 is 11.9 Å². The minimum Gasteiger partial charge on any atom is -0.467 e. The van der Waals surface area contributed by atoms with Crippen LogP contribution in [0.4, 0.5) is 0 Å². The maximum absolute atomic E-state index is 14.3. The van der Waals surface area contributed by atoms with Gasteiger partial charge in [0.2, 0.25) is 5.91 Å². The zero-order valence-electron chi connectivity index (χ0n) is 23.0. The average Bonchev–Trinajstić information content (AvgIpc) is 3.05. The van der Waals surface area contributed by atoms with E-state index in [0.717, 1.165) is 27.8 Å². The minimum atomic E-state index is -0.933. The Morgan fingerprint density at radius 3 is 1.27 bits per heavy atom. The monoisotopic (exact) mass is 539 g/mol. The fourth-order valence-electron chi connectivity index (χ4n) is 5.74. The molecular formula is C37H33NO3. The molecule has 0 aliphatic rings. The van der Waals surface area contributed by atoms with Crippen LogP contribution < -0.4 is 5.32 Å². The summed E-state index contributed by atoms with van der Waals surface area (Å²) in [4.78, 5) is 27.6. The molecule has 0 unspecified atom stereocenters. The number of ether oxygens (including phenoxy) is 1. The molecule has 4 heteroatoms. The van der Waals surface area contributed by atoms with Gasteiger partial charge in [-0.2, -0.15) is 0 Å². The first-order valence-electron chi connectivity index (χ1n) is 13.8. The van der Waals surface area contributed by atoms with Crippen LogP contribution in [0.5, 0.6) is 0 Å². The third-order valence-corrected chi connectivity index (χ3v) is 7.65. The van der Waals surface area contributed by atoms with Gasteiger partial charge < -0.3 is 10.1 Å². The smallest absolute Gasteiger partial charge is 0.329 e. The van der Waals surface area contributed by atoms with Gasteiger partial charge in [-0.1, -0.05) is 152 Å².